The van der Waals surface area contributed by atoms with Crippen molar-refractivity contribution in [3.8, 4) is 0 Å². The summed E-state index contributed by atoms with van der Waals surface area (Å²) >= 11 is 0. The minimum atomic E-state index is 0.112. The van der Waals surface area contributed by atoms with Gasteiger partial charge in [0.15, 0.2) is 0 Å². The van der Waals surface area contributed by atoms with E-state index in [0.29, 0.717) is 0 Å². The summed E-state index contributed by atoms with van der Waals surface area (Å²) in [5.41, 5.74) is 8.24. The van der Waals surface area contributed by atoms with E-state index in [-0.39, 0.29) is 6.04 Å². The number of unbranched alkanes of at least 4 members (excludes halogenated alkanes) is 5. The van der Waals surface area contributed by atoms with E-state index < -0.39 is 0 Å². The third kappa shape index (κ3) is 5.83. The van der Waals surface area contributed by atoms with Crippen LogP contribution in [0.3, 0.4) is 0 Å². The quantitative estimate of drug-likeness (QED) is 0.686. The first kappa shape index (κ1) is 14.2. The van der Waals surface area contributed by atoms with E-state index in [1.807, 2.05) is 25.1 Å². The van der Waals surface area contributed by atoms with Crippen LogP contribution in [0, 0.1) is 6.92 Å². The number of hydrogen-bond acceptors (Lipinski definition) is 2. The van der Waals surface area contributed by atoms with E-state index in [0.717, 1.165) is 17.8 Å². The van der Waals surface area contributed by atoms with Crippen molar-refractivity contribution in [3.05, 3.63) is 29.6 Å². The number of nitrogens with zero attached hydrogens (tertiary/aromatic N) is 1. The molecule has 0 fully saturated rings. The average Bonchev–Trinajstić information content (AvgIpc) is 2.33. The van der Waals surface area contributed by atoms with Crippen LogP contribution in [0.5, 0.6) is 0 Å². The maximum Gasteiger partial charge on any atom is 0.0574 e. The van der Waals surface area contributed by atoms with Crippen LogP contribution in [0.1, 0.15) is 69.3 Å². The van der Waals surface area contributed by atoms with Gasteiger partial charge < -0.3 is 5.73 Å². The predicted molar refractivity (Wildman–Crippen MR) is 73.9 cm³/mol. The second-order valence-corrected chi connectivity index (χ2v) is 4.87. The van der Waals surface area contributed by atoms with Gasteiger partial charge in [0.2, 0.25) is 0 Å². The zero-order valence-electron chi connectivity index (χ0n) is 11.3. The molecule has 0 aromatic carbocycles. The molecule has 1 aromatic rings. The van der Waals surface area contributed by atoms with Gasteiger partial charge in [-0.15, -0.1) is 0 Å². The second-order valence-electron chi connectivity index (χ2n) is 4.87. The predicted octanol–water partition coefficient (Wildman–Crippen LogP) is 4.14. The Morgan fingerprint density at radius 2 is 1.82 bits per heavy atom. The van der Waals surface area contributed by atoms with Crippen molar-refractivity contribution in [1.29, 1.82) is 0 Å². The lowest BCUT2D eigenvalue weighted by Crippen LogP contribution is -2.12. The Morgan fingerprint density at radius 3 is 2.53 bits per heavy atom. The highest BCUT2D eigenvalue weighted by atomic mass is 14.8. The van der Waals surface area contributed by atoms with Gasteiger partial charge in [0.25, 0.3) is 0 Å². The van der Waals surface area contributed by atoms with Crippen LogP contribution in [-0.4, -0.2) is 4.98 Å². The van der Waals surface area contributed by atoms with Gasteiger partial charge in [0, 0.05) is 11.7 Å². The standard InChI is InChI=1S/C15H26N2/c1-3-4-5-6-7-8-11-14(16)15-12-9-10-13(2)17-15/h9-10,12,14H,3-8,11,16H2,1-2H3. The molecule has 96 valence electrons. The van der Waals surface area contributed by atoms with Gasteiger partial charge in [-0.25, -0.2) is 0 Å². The van der Waals surface area contributed by atoms with Gasteiger partial charge in [0.05, 0.1) is 5.69 Å². The van der Waals surface area contributed by atoms with E-state index in [1.54, 1.807) is 0 Å². The maximum atomic E-state index is 6.14. The molecular weight excluding hydrogens is 208 g/mol. The third-order valence-electron chi connectivity index (χ3n) is 3.16. The molecular formula is C15H26N2. The van der Waals surface area contributed by atoms with E-state index >= 15 is 0 Å². The molecule has 2 nitrogen and oxygen atoms in total. The van der Waals surface area contributed by atoms with E-state index in [1.165, 1.54) is 38.5 Å². The molecule has 0 aliphatic carbocycles. The minimum Gasteiger partial charge on any atom is -0.323 e. The van der Waals surface area contributed by atoms with Crippen molar-refractivity contribution in [1.82, 2.24) is 4.98 Å². The number of aromatic nitrogens is 1. The molecule has 1 heterocycles. The van der Waals surface area contributed by atoms with E-state index in [9.17, 15) is 0 Å². The second kappa shape index (κ2) is 8.24. The molecule has 1 unspecified atom stereocenters. The Hall–Kier alpha value is -0.890. The van der Waals surface area contributed by atoms with Crippen molar-refractivity contribution in [2.75, 3.05) is 0 Å². The van der Waals surface area contributed by atoms with Gasteiger partial charge in [-0.1, -0.05) is 51.5 Å². The summed E-state index contributed by atoms with van der Waals surface area (Å²) in [7, 11) is 0. The molecule has 0 amide bonds. The average molecular weight is 234 g/mol. The SMILES string of the molecule is CCCCCCCCC(N)c1cccc(C)n1. The van der Waals surface area contributed by atoms with Gasteiger partial charge in [-0.3, -0.25) is 4.98 Å². The lowest BCUT2D eigenvalue weighted by atomic mass is 10.0. The number of aryl methyl sites for hydroxylation is 1. The summed E-state index contributed by atoms with van der Waals surface area (Å²) in [6.07, 6.45) is 8.98. The lowest BCUT2D eigenvalue weighted by molar-refractivity contribution is 0.540. The van der Waals surface area contributed by atoms with E-state index in [2.05, 4.69) is 11.9 Å². The monoisotopic (exact) mass is 234 g/mol. The lowest BCUT2D eigenvalue weighted by Gasteiger charge is -2.11. The molecule has 0 aliphatic rings. The smallest absolute Gasteiger partial charge is 0.0574 e. The first-order chi connectivity index (χ1) is 8.24. The van der Waals surface area contributed by atoms with Crippen molar-refractivity contribution >= 4 is 0 Å². The molecule has 0 spiro atoms. The van der Waals surface area contributed by atoms with Crippen molar-refractivity contribution in [2.24, 2.45) is 5.73 Å². The Kier molecular flexibility index (Phi) is 6.87. The summed E-state index contributed by atoms with van der Waals surface area (Å²) in [5, 5.41) is 0. The number of rotatable bonds is 8. The van der Waals surface area contributed by atoms with Crippen LogP contribution in [-0.2, 0) is 0 Å². The van der Waals surface area contributed by atoms with Gasteiger partial charge in [-0.2, -0.15) is 0 Å². The minimum absolute atomic E-state index is 0.112. The first-order valence-corrected chi connectivity index (χ1v) is 6.93. The van der Waals surface area contributed by atoms with Crippen molar-refractivity contribution < 1.29 is 0 Å². The molecule has 1 atom stereocenters. The Labute approximate surface area is 106 Å². The number of nitrogens with two attached hydrogens (primary N) is 1. The fraction of sp³-hybridized carbons (Fsp3) is 0.667. The normalized spacial score (nSPS) is 12.6. The fourth-order valence-corrected chi connectivity index (χ4v) is 2.06. The summed E-state index contributed by atoms with van der Waals surface area (Å²) in [4.78, 5) is 4.48. The maximum absolute atomic E-state index is 6.14. The Morgan fingerprint density at radius 1 is 1.12 bits per heavy atom. The highest BCUT2D eigenvalue weighted by Gasteiger charge is 2.06. The largest absolute Gasteiger partial charge is 0.323 e. The van der Waals surface area contributed by atoms with Crippen LogP contribution in [0.25, 0.3) is 0 Å². The zero-order chi connectivity index (χ0) is 12.5. The third-order valence-corrected chi connectivity index (χ3v) is 3.16. The van der Waals surface area contributed by atoms with Crippen LogP contribution in [0.2, 0.25) is 0 Å². The molecule has 1 rings (SSSR count). The highest BCUT2D eigenvalue weighted by molar-refractivity contribution is 5.12. The van der Waals surface area contributed by atoms with Crippen molar-refractivity contribution in [3.63, 3.8) is 0 Å². The molecule has 0 radical (unpaired) electrons. The van der Waals surface area contributed by atoms with Crippen LogP contribution in [0.15, 0.2) is 18.2 Å². The molecule has 1 aromatic heterocycles. The summed E-state index contributed by atoms with van der Waals surface area (Å²) < 4.78 is 0. The first-order valence-electron chi connectivity index (χ1n) is 6.93. The van der Waals surface area contributed by atoms with E-state index in [4.69, 9.17) is 5.73 Å². The van der Waals surface area contributed by atoms with Crippen LogP contribution in [0.4, 0.5) is 0 Å². The molecule has 2 heteroatoms. The summed E-state index contributed by atoms with van der Waals surface area (Å²) in [5.74, 6) is 0. The topological polar surface area (TPSA) is 38.9 Å². The van der Waals surface area contributed by atoms with Gasteiger partial charge in [0.1, 0.15) is 0 Å². The Bertz CT molecular complexity index is 310. The molecule has 0 bridgehead atoms. The molecule has 0 saturated heterocycles. The summed E-state index contributed by atoms with van der Waals surface area (Å²) in [6.45, 7) is 4.26. The molecule has 0 aliphatic heterocycles. The fourth-order valence-electron chi connectivity index (χ4n) is 2.06. The van der Waals surface area contributed by atoms with Gasteiger partial charge >= 0.3 is 0 Å². The summed E-state index contributed by atoms with van der Waals surface area (Å²) in [6, 6.07) is 6.20. The number of hydrogen-bond donors (Lipinski definition) is 1. The van der Waals surface area contributed by atoms with Crippen LogP contribution >= 0.6 is 0 Å². The number of pyridine rings is 1. The zero-order valence-corrected chi connectivity index (χ0v) is 11.3. The molecule has 0 saturated carbocycles. The highest BCUT2D eigenvalue weighted by Crippen LogP contribution is 2.16. The van der Waals surface area contributed by atoms with Crippen molar-refractivity contribution in [2.45, 2.75) is 64.8 Å². The molecule has 17 heavy (non-hydrogen) atoms. The van der Waals surface area contributed by atoms with Crippen LogP contribution < -0.4 is 5.73 Å². The van der Waals surface area contributed by atoms with Gasteiger partial charge in [-0.05, 0) is 25.5 Å². The Balaban J connectivity index is 2.19. The molecule has 2 N–H and O–H groups in total.